The van der Waals surface area contributed by atoms with Crippen molar-refractivity contribution in [1.82, 2.24) is 24.3 Å². The van der Waals surface area contributed by atoms with Crippen LogP contribution in [0.1, 0.15) is 26.2 Å². The molecule has 0 bridgehead atoms. The van der Waals surface area contributed by atoms with Gasteiger partial charge >= 0.3 is 5.69 Å². The standard InChI is InChI=1S/C21H22BrN5O3/c1-3-14-6-12(4-5-29-14)10-27-19-15-7-17(22)23-9-16(15)30-20(19)18(25-21(27)28)13-8-24-26(2)11-13/h7-9,11-12,14H,3-6,10H2,1-2H3. The predicted molar refractivity (Wildman–Crippen MR) is 116 cm³/mol. The molecule has 1 aliphatic heterocycles. The Labute approximate surface area is 181 Å². The topological polar surface area (TPSA) is 88.0 Å². The van der Waals surface area contributed by atoms with Gasteiger partial charge in [-0.15, -0.1) is 0 Å². The summed E-state index contributed by atoms with van der Waals surface area (Å²) in [6.07, 6.45) is 8.28. The molecule has 0 saturated carbocycles. The first-order chi connectivity index (χ1) is 14.5. The van der Waals surface area contributed by atoms with Crippen LogP contribution in [0.15, 0.2) is 38.5 Å². The number of aromatic nitrogens is 5. The molecule has 0 amide bonds. The van der Waals surface area contributed by atoms with Gasteiger partial charge in [-0.25, -0.2) is 9.78 Å². The zero-order valence-electron chi connectivity index (χ0n) is 16.8. The van der Waals surface area contributed by atoms with Crippen LogP contribution in [0.4, 0.5) is 0 Å². The molecule has 4 aromatic heterocycles. The van der Waals surface area contributed by atoms with Gasteiger partial charge in [-0.1, -0.05) is 6.92 Å². The Hall–Kier alpha value is -2.52. The van der Waals surface area contributed by atoms with Crippen LogP contribution in [0.3, 0.4) is 0 Å². The summed E-state index contributed by atoms with van der Waals surface area (Å²) in [6, 6.07) is 1.89. The maximum Gasteiger partial charge on any atom is 0.348 e. The molecule has 2 unspecified atom stereocenters. The summed E-state index contributed by atoms with van der Waals surface area (Å²) in [5.74, 6) is 0.353. The van der Waals surface area contributed by atoms with Gasteiger partial charge in [-0.2, -0.15) is 10.1 Å². The Morgan fingerprint density at radius 1 is 1.33 bits per heavy atom. The summed E-state index contributed by atoms with van der Waals surface area (Å²) < 4.78 is 16.1. The fourth-order valence-electron chi connectivity index (χ4n) is 4.27. The number of hydrogen-bond donors (Lipinski definition) is 0. The molecule has 4 aromatic rings. The van der Waals surface area contributed by atoms with E-state index in [1.165, 1.54) is 0 Å². The Kier molecular flexibility index (Phi) is 4.94. The van der Waals surface area contributed by atoms with Crippen LogP contribution in [-0.4, -0.2) is 37.0 Å². The van der Waals surface area contributed by atoms with E-state index in [1.807, 2.05) is 19.3 Å². The SMILES string of the molecule is CCC1CC(Cn2c(=O)nc(-c3cnn(C)c3)c3oc4cnc(Br)cc4c32)CCO1. The fraction of sp³-hybridized carbons (Fsp3) is 0.429. The second kappa shape index (κ2) is 7.63. The first-order valence-electron chi connectivity index (χ1n) is 10.1. The minimum atomic E-state index is -0.281. The van der Waals surface area contributed by atoms with Crippen molar-refractivity contribution in [1.29, 1.82) is 0 Å². The molecule has 156 valence electrons. The normalized spacial score (nSPS) is 19.7. The van der Waals surface area contributed by atoms with Gasteiger partial charge in [0.1, 0.15) is 15.8 Å². The number of furan rings is 1. The van der Waals surface area contributed by atoms with E-state index in [0.717, 1.165) is 42.3 Å². The van der Waals surface area contributed by atoms with Crippen molar-refractivity contribution >= 4 is 38.0 Å². The van der Waals surface area contributed by atoms with Crippen LogP contribution < -0.4 is 5.69 Å². The maximum atomic E-state index is 13.2. The van der Waals surface area contributed by atoms with E-state index in [9.17, 15) is 4.79 Å². The van der Waals surface area contributed by atoms with Gasteiger partial charge < -0.3 is 9.15 Å². The van der Waals surface area contributed by atoms with Crippen LogP contribution in [0.2, 0.25) is 0 Å². The minimum absolute atomic E-state index is 0.247. The van der Waals surface area contributed by atoms with Gasteiger partial charge in [-0.05, 0) is 47.2 Å². The minimum Gasteiger partial charge on any atom is -0.450 e. The molecular weight excluding hydrogens is 450 g/mol. The van der Waals surface area contributed by atoms with Crippen molar-refractivity contribution in [2.24, 2.45) is 13.0 Å². The van der Waals surface area contributed by atoms with Gasteiger partial charge in [0.2, 0.25) is 0 Å². The summed E-state index contributed by atoms with van der Waals surface area (Å²) in [5.41, 5.74) is 2.93. The summed E-state index contributed by atoms with van der Waals surface area (Å²) in [4.78, 5) is 21.9. The van der Waals surface area contributed by atoms with E-state index in [0.29, 0.717) is 33.9 Å². The highest BCUT2D eigenvalue weighted by atomic mass is 79.9. The molecule has 0 aliphatic carbocycles. The number of halogens is 1. The highest BCUT2D eigenvalue weighted by molar-refractivity contribution is 9.10. The van der Waals surface area contributed by atoms with Crippen molar-refractivity contribution in [3.63, 3.8) is 0 Å². The highest BCUT2D eigenvalue weighted by Crippen LogP contribution is 2.35. The molecule has 9 heteroatoms. The van der Waals surface area contributed by atoms with Crippen molar-refractivity contribution in [3.05, 3.63) is 39.7 Å². The third-order valence-corrected chi connectivity index (χ3v) is 6.22. The van der Waals surface area contributed by atoms with E-state index in [1.54, 1.807) is 21.6 Å². The fourth-order valence-corrected chi connectivity index (χ4v) is 4.60. The second-order valence-electron chi connectivity index (χ2n) is 7.83. The number of rotatable bonds is 4. The molecular formula is C21H22BrN5O3. The third-order valence-electron chi connectivity index (χ3n) is 5.79. The van der Waals surface area contributed by atoms with E-state index in [4.69, 9.17) is 9.15 Å². The molecule has 8 nitrogen and oxygen atoms in total. The van der Waals surface area contributed by atoms with Crippen LogP contribution in [0, 0.1) is 5.92 Å². The van der Waals surface area contributed by atoms with Gasteiger partial charge in [-0.3, -0.25) is 9.25 Å². The van der Waals surface area contributed by atoms with E-state index in [2.05, 4.69) is 37.9 Å². The van der Waals surface area contributed by atoms with Gasteiger partial charge in [0.05, 0.1) is 18.5 Å². The quantitative estimate of drug-likeness (QED) is 0.419. The van der Waals surface area contributed by atoms with Crippen molar-refractivity contribution in [3.8, 4) is 11.3 Å². The largest absolute Gasteiger partial charge is 0.450 e. The summed E-state index contributed by atoms with van der Waals surface area (Å²) in [5, 5.41) is 5.07. The molecule has 0 radical (unpaired) electrons. The zero-order chi connectivity index (χ0) is 20.8. The van der Waals surface area contributed by atoms with Gasteiger partial charge in [0.25, 0.3) is 0 Å². The zero-order valence-corrected chi connectivity index (χ0v) is 18.4. The summed E-state index contributed by atoms with van der Waals surface area (Å²) in [6.45, 7) is 3.45. The smallest absolute Gasteiger partial charge is 0.348 e. The average molecular weight is 472 g/mol. The molecule has 2 atom stereocenters. The monoisotopic (exact) mass is 471 g/mol. The third kappa shape index (κ3) is 3.35. The lowest BCUT2D eigenvalue weighted by atomic mass is 9.94. The van der Waals surface area contributed by atoms with Crippen molar-refractivity contribution in [2.75, 3.05) is 6.61 Å². The molecule has 30 heavy (non-hydrogen) atoms. The predicted octanol–water partition coefficient (Wildman–Crippen LogP) is 3.91. The lowest BCUT2D eigenvalue weighted by molar-refractivity contribution is -0.0138. The summed E-state index contributed by atoms with van der Waals surface area (Å²) >= 11 is 3.44. The number of nitrogens with zero attached hydrogens (tertiary/aromatic N) is 5. The second-order valence-corrected chi connectivity index (χ2v) is 8.64. The molecule has 5 heterocycles. The van der Waals surface area contributed by atoms with Crippen molar-refractivity contribution < 1.29 is 9.15 Å². The average Bonchev–Trinajstić information content (AvgIpc) is 3.33. The summed E-state index contributed by atoms with van der Waals surface area (Å²) in [7, 11) is 1.83. The Bertz CT molecular complexity index is 1290. The molecule has 0 aromatic carbocycles. The number of fused-ring (bicyclic) bond motifs is 3. The number of hydrogen-bond acceptors (Lipinski definition) is 6. The van der Waals surface area contributed by atoms with Crippen LogP contribution in [-0.2, 0) is 18.3 Å². The number of pyridine rings is 1. The van der Waals surface area contributed by atoms with Crippen molar-refractivity contribution in [2.45, 2.75) is 38.8 Å². The Morgan fingerprint density at radius 2 is 2.20 bits per heavy atom. The maximum absolute atomic E-state index is 13.2. The molecule has 1 aliphatic rings. The van der Waals surface area contributed by atoms with Gasteiger partial charge in [0.15, 0.2) is 11.2 Å². The van der Waals surface area contributed by atoms with E-state index in [-0.39, 0.29) is 11.8 Å². The van der Waals surface area contributed by atoms with Crippen LogP contribution >= 0.6 is 15.9 Å². The molecule has 1 saturated heterocycles. The lowest BCUT2D eigenvalue weighted by Crippen LogP contribution is -2.32. The Morgan fingerprint density at radius 3 is 2.97 bits per heavy atom. The molecule has 0 N–H and O–H groups in total. The first kappa shape index (κ1) is 19.4. The molecule has 1 fully saturated rings. The first-order valence-corrected chi connectivity index (χ1v) is 10.9. The van der Waals surface area contributed by atoms with Crippen LogP contribution in [0.25, 0.3) is 33.3 Å². The molecule has 0 spiro atoms. The van der Waals surface area contributed by atoms with Gasteiger partial charge in [0, 0.05) is 37.3 Å². The van der Waals surface area contributed by atoms with E-state index >= 15 is 0 Å². The number of aryl methyl sites for hydroxylation is 1. The van der Waals surface area contributed by atoms with Crippen LogP contribution in [0.5, 0.6) is 0 Å². The number of ether oxygens (including phenoxy) is 1. The lowest BCUT2D eigenvalue weighted by Gasteiger charge is -2.29. The molecule has 5 rings (SSSR count). The van der Waals surface area contributed by atoms with E-state index < -0.39 is 0 Å². The Balaban J connectivity index is 1.72. The highest BCUT2D eigenvalue weighted by Gasteiger charge is 2.26.